The Morgan fingerprint density at radius 3 is 2.80 bits per heavy atom. The third kappa shape index (κ3) is 1.42. The Hall–Kier alpha value is -1.69. The van der Waals surface area contributed by atoms with Gasteiger partial charge in [-0.25, -0.2) is 9.66 Å². The monoisotopic (exact) mass is 222 g/mol. The molecule has 2 heterocycles. The van der Waals surface area contributed by atoms with E-state index in [0.29, 0.717) is 11.2 Å². The van der Waals surface area contributed by atoms with Gasteiger partial charge in [0, 0.05) is 17.1 Å². The van der Waals surface area contributed by atoms with Gasteiger partial charge in [-0.1, -0.05) is 0 Å². The average Bonchev–Trinajstić information content (AvgIpc) is 2.19. The van der Waals surface area contributed by atoms with E-state index >= 15 is 0 Å². The number of H-pyrrole nitrogens is 1. The highest BCUT2D eigenvalue weighted by Gasteiger charge is 2.06. The normalized spacial score (nSPS) is 10.8. The fourth-order valence-electron chi connectivity index (χ4n) is 1.41. The van der Waals surface area contributed by atoms with Gasteiger partial charge in [-0.15, -0.1) is 0 Å². The van der Waals surface area contributed by atoms with Crippen molar-refractivity contribution >= 4 is 23.3 Å². The first-order valence-electron chi connectivity index (χ1n) is 4.38. The predicted octanol–water partition coefficient (Wildman–Crippen LogP) is 0.785. The summed E-state index contributed by atoms with van der Waals surface area (Å²) in [5.41, 5.74) is 1.88. The topological polar surface area (TPSA) is 76.7 Å². The first-order valence-corrected chi connectivity index (χ1v) is 4.79. The number of aromatic nitrogens is 3. The van der Waals surface area contributed by atoms with Crippen LogP contribution in [0.2, 0.25) is 0 Å². The minimum atomic E-state index is -0.142. The Bertz CT molecular complexity index is 650. The molecule has 5 nitrogen and oxygen atoms in total. The standard InChI is InChI=1S/C9H10N4OS/c1-4-5(2)8(14)11-7-6(4)3-13(10)9(15)12-7/h3H,10H2,1-2H3,(H,11,12,14,15). The minimum absolute atomic E-state index is 0.142. The van der Waals surface area contributed by atoms with Gasteiger partial charge in [0.1, 0.15) is 5.65 Å². The number of nitrogens with zero attached hydrogens (tertiary/aromatic N) is 2. The lowest BCUT2D eigenvalue weighted by Gasteiger charge is -2.06. The van der Waals surface area contributed by atoms with E-state index in [9.17, 15) is 4.79 Å². The molecule has 15 heavy (non-hydrogen) atoms. The first kappa shape index (κ1) is 9.85. The molecular weight excluding hydrogens is 212 g/mol. The molecule has 0 unspecified atom stereocenters. The quantitative estimate of drug-likeness (QED) is 0.510. The second kappa shape index (κ2) is 3.16. The minimum Gasteiger partial charge on any atom is -0.337 e. The van der Waals surface area contributed by atoms with E-state index in [1.165, 1.54) is 4.68 Å². The SMILES string of the molecule is Cc1c(C)c2cn(N)c(=S)nc2[nH]c1=O. The number of aromatic amines is 1. The maximum atomic E-state index is 11.5. The molecule has 0 saturated carbocycles. The number of aryl methyl sites for hydroxylation is 1. The molecule has 0 aliphatic carbocycles. The zero-order valence-corrected chi connectivity index (χ0v) is 9.18. The van der Waals surface area contributed by atoms with Crippen molar-refractivity contribution in [2.75, 3.05) is 5.84 Å². The molecule has 2 aromatic heterocycles. The van der Waals surface area contributed by atoms with Gasteiger partial charge in [0.15, 0.2) is 0 Å². The summed E-state index contributed by atoms with van der Waals surface area (Å²) in [5.74, 6) is 5.60. The summed E-state index contributed by atoms with van der Waals surface area (Å²) in [7, 11) is 0. The highest BCUT2D eigenvalue weighted by molar-refractivity contribution is 7.71. The molecule has 0 aliphatic heterocycles. The zero-order chi connectivity index (χ0) is 11.2. The number of nitrogen functional groups attached to an aromatic ring is 1. The van der Waals surface area contributed by atoms with Crippen molar-refractivity contribution in [3.8, 4) is 0 Å². The van der Waals surface area contributed by atoms with Crippen molar-refractivity contribution in [3.63, 3.8) is 0 Å². The first-order chi connectivity index (χ1) is 7.00. The third-order valence-corrected chi connectivity index (χ3v) is 2.79. The molecule has 2 aromatic rings. The molecule has 78 valence electrons. The third-order valence-electron chi connectivity index (χ3n) is 2.49. The van der Waals surface area contributed by atoms with Crippen LogP contribution >= 0.6 is 12.2 Å². The molecule has 3 N–H and O–H groups in total. The van der Waals surface area contributed by atoms with E-state index in [1.54, 1.807) is 13.1 Å². The summed E-state index contributed by atoms with van der Waals surface area (Å²) in [5, 5.41) is 0.809. The van der Waals surface area contributed by atoms with Crippen LogP contribution in [0.15, 0.2) is 11.0 Å². The lowest BCUT2D eigenvalue weighted by molar-refractivity contribution is 0.922. The van der Waals surface area contributed by atoms with E-state index in [1.807, 2.05) is 6.92 Å². The largest absolute Gasteiger partial charge is 0.337 e. The Labute approximate surface area is 90.5 Å². The van der Waals surface area contributed by atoms with Crippen molar-refractivity contribution in [3.05, 3.63) is 32.4 Å². The fraction of sp³-hybridized carbons (Fsp3) is 0.222. The van der Waals surface area contributed by atoms with Crippen LogP contribution in [-0.2, 0) is 0 Å². The molecule has 0 radical (unpaired) electrons. The zero-order valence-electron chi connectivity index (χ0n) is 8.37. The smallest absolute Gasteiger partial charge is 0.252 e. The van der Waals surface area contributed by atoms with Crippen molar-refractivity contribution < 1.29 is 0 Å². The molecule has 0 atom stereocenters. The molecule has 0 saturated heterocycles. The van der Waals surface area contributed by atoms with Crippen LogP contribution in [0.1, 0.15) is 11.1 Å². The van der Waals surface area contributed by atoms with Gasteiger partial charge in [-0.05, 0) is 31.6 Å². The van der Waals surface area contributed by atoms with Crippen LogP contribution in [0.3, 0.4) is 0 Å². The van der Waals surface area contributed by atoms with Crippen molar-refractivity contribution in [2.24, 2.45) is 0 Å². The number of nitrogens with one attached hydrogen (secondary N) is 1. The lowest BCUT2D eigenvalue weighted by atomic mass is 10.1. The van der Waals surface area contributed by atoms with E-state index in [0.717, 1.165) is 10.9 Å². The van der Waals surface area contributed by atoms with Crippen molar-refractivity contribution in [1.29, 1.82) is 0 Å². The van der Waals surface area contributed by atoms with E-state index in [2.05, 4.69) is 9.97 Å². The Balaban J connectivity index is 3.06. The van der Waals surface area contributed by atoms with Gasteiger partial charge < -0.3 is 10.8 Å². The summed E-state index contributed by atoms with van der Waals surface area (Å²) >= 11 is 4.90. The second-order valence-corrected chi connectivity index (χ2v) is 3.76. The summed E-state index contributed by atoms with van der Waals surface area (Å²) < 4.78 is 1.50. The van der Waals surface area contributed by atoms with Crippen LogP contribution in [0.4, 0.5) is 0 Å². The summed E-state index contributed by atoms with van der Waals surface area (Å²) in [6.45, 7) is 3.62. The van der Waals surface area contributed by atoms with Gasteiger partial charge in [0.25, 0.3) is 5.56 Å². The van der Waals surface area contributed by atoms with Gasteiger partial charge in [0.05, 0.1) is 0 Å². The molecule has 6 heteroatoms. The molecule has 0 aliphatic rings. The van der Waals surface area contributed by atoms with Crippen LogP contribution < -0.4 is 11.4 Å². The Morgan fingerprint density at radius 2 is 2.13 bits per heavy atom. The number of hydrogen-bond donors (Lipinski definition) is 2. The maximum Gasteiger partial charge on any atom is 0.252 e. The average molecular weight is 222 g/mol. The highest BCUT2D eigenvalue weighted by Crippen LogP contribution is 2.13. The fourth-order valence-corrected chi connectivity index (χ4v) is 1.56. The number of nitrogens with two attached hydrogens (primary N) is 1. The number of fused-ring (bicyclic) bond motifs is 1. The maximum absolute atomic E-state index is 11.5. The van der Waals surface area contributed by atoms with Gasteiger partial charge >= 0.3 is 0 Å². The second-order valence-electron chi connectivity index (χ2n) is 3.40. The van der Waals surface area contributed by atoms with Gasteiger partial charge in [-0.3, -0.25) is 4.79 Å². The highest BCUT2D eigenvalue weighted by atomic mass is 32.1. The number of rotatable bonds is 0. The summed E-state index contributed by atoms with van der Waals surface area (Å²) in [6, 6.07) is 0. The summed E-state index contributed by atoms with van der Waals surface area (Å²) in [4.78, 5) is 18.2. The molecule has 0 spiro atoms. The van der Waals surface area contributed by atoms with Crippen LogP contribution in [0.5, 0.6) is 0 Å². The van der Waals surface area contributed by atoms with E-state index in [-0.39, 0.29) is 10.3 Å². The van der Waals surface area contributed by atoms with Gasteiger partial charge in [-0.2, -0.15) is 0 Å². The van der Waals surface area contributed by atoms with Crippen LogP contribution in [0, 0.1) is 18.6 Å². The molecule has 0 fully saturated rings. The molecule has 0 bridgehead atoms. The number of pyridine rings is 1. The summed E-state index contributed by atoms with van der Waals surface area (Å²) in [6.07, 6.45) is 1.67. The Morgan fingerprint density at radius 1 is 1.47 bits per heavy atom. The van der Waals surface area contributed by atoms with E-state index in [4.69, 9.17) is 18.1 Å². The molecule has 2 rings (SSSR count). The molecule has 0 aromatic carbocycles. The van der Waals surface area contributed by atoms with Crippen molar-refractivity contribution in [1.82, 2.24) is 14.6 Å². The Kier molecular flexibility index (Phi) is 2.08. The van der Waals surface area contributed by atoms with Crippen LogP contribution in [-0.4, -0.2) is 14.6 Å². The van der Waals surface area contributed by atoms with Crippen LogP contribution in [0.25, 0.3) is 11.0 Å². The molecular formula is C9H10N4OS. The lowest BCUT2D eigenvalue weighted by Crippen LogP contribution is -2.16. The number of hydrogen-bond acceptors (Lipinski definition) is 4. The van der Waals surface area contributed by atoms with Crippen molar-refractivity contribution in [2.45, 2.75) is 13.8 Å². The predicted molar refractivity (Wildman–Crippen MR) is 60.8 cm³/mol. The molecule has 0 amide bonds. The van der Waals surface area contributed by atoms with E-state index < -0.39 is 0 Å². The van der Waals surface area contributed by atoms with Gasteiger partial charge in [0.2, 0.25) is 4.77 Å².